The maximum Gasteiger partial charge on any atom is 0.266 e. The average Bonchev–Trinajstić information content (AvgIpc) is 2.80. The van der Waals surface area contributed by atoms with Crippen molar-refractivity contribution in [1.82, 2.24) is 0 Å². The molecule has 33 heavy (non-hydrogen) atoms. The third-order valence-electron chi connectivity index (χ3n) is 4.90. The van der Waals surface area contributed by atoms with Crippen LogP contribution in [0.5, 0.6) is 11.5 Å². The van der Waals surface area contributed by atoms with Crippen molar-refractivity contribution in [3.63, 3.8) is 0 Å². The molecule has 0 heterocycles. The Morgan fingerprint density at radius 3 is 2.52 bits per heavy atom. The predicted octanol–water partition coefficient (Wildman–Crippen LogP) is 6.34. The fourth-order valence-corrected chi connectivity index (χ4v) is 3.48. The Labute approximate surface area is 200 Å². The first-order valence-electron chi connectivity index (χ1n) is 10.1. The first kappa shape index (κ1) is 24.0. The molecule has 0 atom stereocenters. The van der Waals surface area contributed by atoms with Gasteiger partial charge in [0.15, 0.2) is 11.5 Å². The summed E-state index contributed by atoms with van der Waals surface area (Å²) < 4.78 is 25.0. The summed E-state index contributed by atoms with van der Waals surface area (Å²) in [6.07, 6.45) is 1.48. The van der Waals surface area contributed by atoms with E-state index in [1.165, 1.54) is 25.3 Å². The van der Waals surface area contributed by atoms with E-state index in [9.17, 15) is 14.4 Å². The van der Waals surface area contributed by atoms with Gasteiger partial charge in [-0.05, 0) is 72.5 Å². The summed E-state index contributed by atoms with van der Waals surface area (Å²) in [7, 11) is 1.50. The van der Waals surface area contributed by atoms with E-state index in [0.717, 1.165) is 16.7 Å². The van der Waals surface area contributed by atoms with Crippen LogP contribution in [0, 0.1) is 31.0 Å². The molecule has 0 aliphatic heterocycles. The SMILES string of the molecule is COc1cc(/C=C(\C#N)C(=O)Nc2cc(C)ccc2C)c(Br)cc1OCc1ccc(F)cc1. The molecule has 3 aromatic carbocycles. The van der Waals surface area contributed by atoms with Gasteiger partial charge in [0.2, 0.25) is 0 Å². The lowest BCUT2D eigenvalue weighted by molar-refractivity contribution is -0.112. The lowest BCUT2D eigenvalue weighted by Crippen LogP contribution is -2.14. The van der Waals surface area contributed by atoms with E-state index in [0.29, 0.717) is 27.2 Å². The summed E-state index contributed by atoms with van der Waals surface area (Å²) in [6.45, 7) is 4.04. The number of hydrogen-bond donors (Lipinski definition) is 1. The van der Waals surface area contributed by atoms with Crippen molar-refractivity contribution >= 4 is 33.6 Å². The van der Waals surface area contributed by atoms with Crippen LogP contribution in [-0.4, -0.2) is 13.0 Å². The number of methoxy groups -OCH3 is 1. The van der Waals surface area contributed by atoms with Crippen LogP contribution in [0.4, 0.5) is 10.1 Å². The number of halogens is 2. The molecular formula is C26H22BrFN2O3. The third kappa shape index (κ3) is 6.21. The molecule has 0 aliphatic rings. The van der Waals surface area contributed by atoms with Gasteiger partial charge in [-0.2, -0.15) is 5.26 Å². The molecule has 5 nitrogen and oxygen atoms in total. The van der Waals surface area contributed by atoms with E-state index in [2.05, 4.69) is 21.2 Å². The number of ether oxygens (including phenoxy) is 2. The predicted molar refractivity (Wildman–Crippen MR) is 130 cm³/mol. The lowest BCUT2D eigenvalue weighted by Gasteiger charge is -2.13. The monoisotopic (exact) mass is 508 g/mol. The van der Waals surface area contributed by atoms with Crippen molar-refractivity contribution in [2.75, 3.05) is 12.4 Å². The molecule has 1 amide bonds. The van der Waals surface area contributed by atoms with Crippen molar-refractivity contribution in [2.45, 2.75) is 20.5 Å². The molecule has 0 fully saturated rings. The standard InChI is InChI=1S/C26H22BrFN2O3/c1-16-4-5-17(2)23(10-16)30-26(31)20(14-29)11-19-12-24(32-3)25(13-22(19)27)33-15-18-6-8-21(28)9-7-18/h4-13H,15H2,1-3H3,(H,30,31)/b20-11+. The minimum atomic E-state index is -0.506. The number of carbonyl (C=O) groups excluding carboxylic acids is 1. The molecule has 3 aromatic rings. The Morgan fingerprint density at radius 2 is 1.85 bits per heavy atom. The van der Waals surface area contributed by atoms with E-state index in [4.69, 9.17) is 9.47 Å². The number of nitrogens with one attached hydrogen (secondary N) is 1. The highest BCUT2D eigenvalue weighted by molar-refractivity contribution is 9.10. The minimum absolute atomic E-state index is 0.0568. The van der Waals surface area contributed by atoms with Gasteiger partial charge in [0, 0.05) is 10.2 Å². The van der Waals surface area contributed by atoms with Crippen LogP contribution in [-0.2, 0) is 11.4 Å². The number of hydrogen-bond acceptors (Lipinski definition) is 4. The van der Waals surface area contributed by atoms with Gasteiger partial charge in [-0.25, -0.2) is 4.39 Å². The zero-order valence-electron chi connectivity index (χ0n) is 18.4. The van der Waals surface area contributed by atoms with E-state index in [1.807, 2.05) is 38.1 Å². The van der Waals surface area contributed by atoms with Gasteiger partial charge in [0.05, 0.1) is 7.11 Å². The molecule has 1 N–H and O–H groups in total. The Bertz CT molecular complexity index is 1250. The highest BCUT2D eigenvalue weighted by atomic mass is 79.9. The number of carbonyl (C=O) groups is 1. The van der Waals surface area contributed by atoms with Crippen molar-refractivity contribution in [3.8, 4) is 17.6 Å². The molecule has 0 radical (unpaired) electrons. The number of amides is 1. The third-order valence-corrected chi connectivity index (χ3v) is 5.58. The zero-order valence-corrected chi connectivity index (χ0v) is 20.0. The first-order chi connectivity index (χ1) is 15.8. The van der Waals surface area contributed by atoms with Gasteiger partial charge in [0.25, 0.3) is 5.91 Å². The number of nitrogens with zero attached hydrogens (tertiary/aromatic N) is 1. The molecule has 0 saturated heterocycles. The molecule has 0 aromatic heterocycles. The molecule has 168 valence electrons. The van der Waals surface area contributed by atoms with Gasteiger partial charge in [-0.15, -0.1) is 0 Å². The quantitative estimate of drug-likeness (QED) is 0.298. The second-order valence-corrected chi connectivity index (χ2v) is 8.24. The van der Waals surface area contributed by atoms with Crippen LogP contribution >= 0.6 is 15.9 Å². The maximum atomic E-state index is 13.1. The molecule has 7 heteroatoms. The van der Waals surface area contributed by atoms with Crippen LogP contribution in [0.15, 0.2) is 64.6 Å². The van der Waals surface area contributed by atoms with Gasteiger partial charge < -0.3 is 14.8 Å². The number of rotatable bonds is 7. The van der Waals surface area contributed by atoms with Gasteiger partial charge in [-0.1, -0.05) is 40.2 Å². The molecule has 0 unspecified atom stereocenters. The van der Waals surface area contributed by atoms with Crippen LogP contribution in [0.25, 0.3) is 6.08 Å². The smallest absolute Gasteiger partial charge is 0.266 e. The zero-order chi connectivity index (χ0) is 24.0. The average molecular weight is 509 g/mol. The van der Waals surface area contributed by atoms with Crippen molar-refractivity contribution in [2.24, 2.45) is 0 Å². The van der Waals surface area contributed by atoms with Crippen LogP contribution < -0.4 is 14.8 Å². The van der Waals surface area contributed by atoms with Crippen LogP contribution in [0.1, 0.15) is 22.3 Å². The Morgan fingerprint density at radius 1 is 1.12 bits per heavy atom. The van der Waals surface area contributed by atoms with Crippen molar-refractivity contribution in [3.05, 3.63) is 92.7 Å². The van der Waals surface area contributed by atoms with Gasteiger partial charge in [0.1, 0.15) is 24.1 Å². The Balaban J connectivity index is 1.83. The van der Waals surface area contributed by atoms with E-state index >= 15 is 0 Å². The Kier molecular flexibility index (Phi) is 7.86. The normalized spacial score (nSPS) is 11.0. The summed E-state index contributed by atoms with van der Waals surface area (Å²) in [5, 5.41) is 12.4. The molecule has 3 rings (SSSR count). The molecule has 0 bridgehead atoms. The summed E-state index contributed by atoms with van der Waals surface area (Å²) in [6, 6.07) is 17.1. The second kappa shape index (κ2) is 10.8. The number of anilines is 1. The molecular weight excluding hydrogens is 487 g/mol. The fraction of sp³-hybridized carbons (Fsp3) is 0.154. The van der Waals surface area contributed by atoms with E-state index < -0.39 is 5.91 Å². The highest BCUT2D eigenvalue weighted by Gasteiger charge is 2.15. The van der Waals surface area contributed by atoms with Crippen LogP contribution in [0.3, 0.4) is 0 Å². The van der Waals surface area contributed by atoms with Crippen molar-refractivity contribution < 1.29 is 18.7 Å². The van der Waals surface area contributed by atoms with Gasteiger partial charge >= 0.3 is 0 Å². The van der Waals surface area contributed by atoms with Crippen LogP contribution in [0.2, 0.25) is 0 Å². The second-order valence-electron chi connectivity index (χ2n) is 7.38. The summed E-state index contributed by atoms with van der Waals surface area (Å²) >= 11 is 3.47. The highest BCUT2D eigenvalue weighted by Crippen LogP contribution is 2.35. The van der Waals surface area contributed by atoms with E-state index in [1.54, 1.807) is 24.3 Å². The minimum Gasteiger partial charge on any atom is -0.493 e. The summed E-state index contributed by atoms with van der Waals surface area (Å²) in [4.78, 5) is 12.7. The number of aryl methyl sites for hydroxylation is 2. The molecule has 0 aliphatic carbocycles. The topological polar surface area (TPSA) is 71.3 Å². The molecule has 0 spiro atoms. The maximum absolute atomic E-state index is 13.1. The van der Waals surface area contributed by atoms with Crippen molar-refractivity contribution in [1.29, 1.82) is 5.26 Å². The lowest BCUT2D eigenvalue weighted by atomic mass is 10.1. The van der Waals surface area contributed by atoms with E-state index in [-0.39, 0.29) is 18.0 Å². The summed E-state index contributed by atoms with van der Waals surface area (Å²) in [5.74, 6) is 0.0711. The molecule has 0 saturated carbocycles. The number of nitriles is 1. The largest absolute Gasteiger partial charge is 0.493 e. The first-order valence-corrected chi connectivity index (χ1v) is 10.8. The summed E-state index contributed by atoms with van der Waals surface area (Å²) in [5.41, 5.74) is 3.88. The van der Waals surface area contributed by atoms with Gasteiger partial charge in [-0.3, -0.25) is 4.79 Å². The Hall–Kier alpha value is -3.63. The number of benzene rings is 3. The fourth-order valence-electron chi connectivity index (χ4n) is 3.04.